The Labute approximate surface area is 119 Å². The predicted molar refractivity (Wildman–Crippen MR) is 76.4 cm³/mol. The number of ketones is 1. The van der Waals surface area contributed by atoms with Gasteiger partial charge >= 0.3 is 0 Å². The van der Waals surface area contributed by atoms with E-state index in [-0.39, 0.29) is 17.7 Å². The van der Waals surface area contributed by atoms with Crippen molar-refractivity contribution in [1.82, 2.24) is 5.32 Å². The summed E-state index contributed by atoms with van der Waals surface area (Å²) in [5.41, 5.74) is 1.93. The zero-order chi connectivity index (χ0) is 13.9. The number of ether oxygens (including phenoxy) is 2. The van der Waals surface area contributed by atoms with Crippen molar-refractivity contribution in [3.63, 3.8) is 0 Å². The van der Waals surface area contributed by atoms with E-state index < -0.39 is 0 Å². The number of Topliss-reactive ketones (excluding diaryl/α,β-unsaturated/α-hetero) is 1. The summed E-state index contributed by atoms with van der Waals surface area (Å²) in [6.45, 7) is 4.93. The molecule has 108 valence electrons. The fourth-order valence-electron chi connectivity index (χ4n) is 2.90. The molecular formula is C16H21NO3. The molecule has 2 atom stereocenters. The molecule has 1 saturated heterocycles. The van der Waals surface area contributed by atoms with Gasteiger partial charge in [-0.05, 0) is 36.7 Å². The summed E-state index contributed by atoms with van der Waals surface area (Å²) in [6.07, 6.45) is 1.96. The van der Waals surface area contributed by atoms with E-state index in [1.165, 1.54) is 0 Å². The van der Waals surface area contributed by atoms with Gasteiger partial charge in [0.1, 0.15) is 5.75 Å². The maximum absolute atomic E-state index is 12.7. The maximum Gasteiger partial charge on any atom is 0.169 e. The highest BCUT2D eigenvalue weighted by Crippen LogP contribution is 2.28. The standard InChI is InChI=1S/C16H21NO3/c1-2-6-17-14-10-19-9-13(14)16(18)12-3-4-15-11(8-12)5-7-20-15/h3-4,8,13-14,17H,2,5-7,9-10H2,1H3. The molecule has 3 rings (SSSR count). The second-order valence-corrected chi connectivity index (χ2v) is 5.49. The van der Waals surface area contributed by atoms with Gasteiger partial charge in [0, 0.05) is 18.0 Å². The first-order chi connectivity index (χ1) is 9.79. The molecule has 4 nitrogen and oxygen atoms in total. The van der Waals surface area contributed by atoms with Crippen molar-refractivity contribution in [2.24, 2.45) is 5.92 Å². The molecule has 0 bridgehead atoms. The highest BCUT2D eigenvalue weighted by atomic mass is 16.5. The Morgan fingerprint density at radius 3 is 3.15 bits per heavy atom. The zero-order valence-corrected chi connectivity index (χ0v) is 11.9. The van der Waals surface area contributed by atoms with Gasteiger partial charge in [0.25, 0.3) is 0 Å². The van der Waals surface area contributed by atoms with E-state index in [9.17, 15) is 4.79 Å². The Morgan fingerprint density at radius 1 is 1.40 bits per heavy atom. The lowest BCUT2D eigenvalue weighted by molar-refractivity contribution is 0.0891. The molecule has 0 amide bonds. The third kappa shape index (κ3) is 2.58. The van der Waals surface area contributed by atoms with Crippen molar-refractivity contribution in [3.8, 4) is 5.75 Å². The molecule has 0 aromatic heterocycles. The monoisotopic (exact) mass is 275 g/mol. The molecule has 0 aliphatic carbocycles. The van der Waals surface area contributed by atoms with E-state index in [2.05, 4.69) is 12.2 Å². The smallest absolute Gasteiger partial charge is 0.169 e. The number of hydrogen-bond donors (Lipinski definition) is 1. The molecule has 2 aliphatic rings. The van der Waals surface area contributed by atoms with Gasteiger partial charge in [0.15, 0.2) is 5.78 Å². The molecule has 0 spiro atoms. The van der Waals surface area contributed by atoms with Crippen molar-refractivity contribution in [3.05, 3.63) is 29.3 Å². The summed E-state index contributed by atoms with van der Waals surface area (Å²) in [6, 6.07) is 5.92. The minimum Gasteiger partial charge on any atom is -0.493 e. The second kappa shape index (κ2) is 5.94. The molecule has 1 N–H and O–H groups in total. The van der Waals surface area contributed by atoms with E-state index >= 15 is 0 Å². The lowest BCUT2D eigenvalue weighted by Crippen LogP contribution is -2.39. The van der Waals surface area contributed by atoms with Crippen molar-refractivity contribution in [2.45, 2.75) is 25.8 Å². The van der Waals surface area contributed by atoms with Gasteiger partial charge in [0.2, 0.25) is 0 Å². The quantitative estimate of drug-likeness (QED) is 0.833. The number of fused-ring (bicyclic) bond motifs is 1. The third-order valence-electron chi connectivity index (χ3n) is 4.05. The van der Waals surface area contributed by atoms with Crippen LogP contribution in [0.25, 0.3) is 0 Å². The largest absolute Gasteiger partial charge is 0.493 e. The minimum atomic E-state index is -0.0677. The normalized spacial score (nSPS) is 24.4. The predicted octanol–water partition coefficient (Wildman–Crippen LogP) is 1.82. The third-order valence-corrected chi connectivity index (χ3v) is 4.05. The van der Waals surface area contributed by atoms with Gasteiger partial charge in [-0.3, -0.25) is 4.79 Å². The molecule has 1 aromatic rings. The molecule has 2 aliphatic heterocycles. The van der Waals surface area contributed by atoms with Crippen LogP contribution in [0, 0.1) is 5.92 Å². The highest BCUT2D eigenvalue weighted by Gasteiger charge is 2.34. The summed E-state index contributed by atoms with van der Waals surface area (Å²) in [5.74, 6) is 1.04. The van der Waals surface area contributed by atoms with Gasteiger partial charge < -0.3 is 14.8 Å². The molecule has 1 fully saturated rings. The van der Waals surface area contributed by atoms with Crippen LogP contribution in [0.1, 0.15) is 29.3 Å². The van der Waals surface area contributed by atoms with Crippen molar-refractivity contribution < 1.29 is 14.3 Å². The first-order valence-corrected chi connectivity index (χ1v) is 7.40. The zero-order valence-electron chi connectivity index (χ0n) is 11.9. The van der Waals surface area contributed by atoms with E-state index in [1.54, 1.807) is 0 Å². The Morgan fingerprint density at radius 2 is 2.30 bits per heavy atom. The fraction of sp³-hybridized carbons (Fsp3) is 0.562. The van der Waals surface area contributed by atoms with Crippen LogP contribution >= 0.6 is 0 Å². The Balaban J connectivity index is 1.74. The summed E-state index contributed by atoms with van der Waals surface area (Å²) in [5, 5.41) is 3.41. The number of benzene rings is 1. The fourth-order valence-corrected chi connectivity index (χ4v) is 2.90. The van der Waals surface area contributed by atoms with Crippen LogP contribution < -0.4 is 10.1 Å². The Hall–Kier alpha value is -1.39. The number of hydrogen-bond acceptors (Lipinski definition) is 4. The topological polar surface area (TPSA) is 47.6 Å². The minimum absolute atomic E-state index is 0.0677. The van der Waals surface area contributed by atoms with Crippen LogP contribution in [0.3, 0.4) is 0 Å². The van der Waals surface area contributed by atoms with Gasteiger partial charge in [-0.2, -0.15) is 0 Å². The van der Waals surface area contributed by atoms with Crippen LogP contribution in [-0.4, -0.2) is 38.2 Å². The first kappa shape index (κ1) is 13.6. The summed E-state index contributed by atoms with van der Waals surface area (Å²) in [4.78, 5) is 12.7. The average Bonchev–Trinajstić information content (AvgIpc) is 3.12. The molecule has 0 radical (unpaired) electrons. The molecular weight excluding hydrogens is 254 g/mol. The number of nitrogens with one attached hydrogen (secondary N) is 1. The lowest BCUT2D eigenvalue weighted by Gasteiger charge is -2.18. The van der Waals surface area contributed by atoms with Crippen LogP contribution in [0.5, 0.6) is 5.75 Å². The molecule has 1 aromatic carbocycles. The second-order valence-electron chi connectivity index (χ2n) is 5.49. The van der Waals surface area contributed by atoms with Crippen molar-refractivity contribution in [1.29, 1.82) is 0 Å². The number of carbonyl (C=O) groups is 1. The molecule has 4 heteroatoms. The van der Waals surface area contributed by atoms with Crippen LogP contribution in [0.4, 0.5) is 0 Å². The van der Waals surface area contributed by atoms with E-state index in [0.717, 1.165) is 42.9 Å². The Kier molecular flexibility index (Phi) is 4.03. The summed E-state index contributed by atoms with van der Waals surface area (Å²) < 4.78 is 11.0. The van der Waals surface area contributed by atoms with E-state index in [4.69, 9.17) is 9.47 Å². The van der Waals surface area contributed by atoms with E-state index in [0.29, 0.717) is 13.2 Å². The Bertz CT molecular complexity index is 500. The van der Waals surface area contributed by atoms with Gasteiger partial charge in [-0.25, -0.2) is 0 Å². The van der Waals surface area contributed by atoms with Crippen molar-refractivity contribution in [2.75, 3.05) is 26.4 Å². The van der Waals surface area contributed by atoms with E-state index in [1.807, 2.05) is 18.2 Å². The molecule has 20 heavy (non-hydrogen) atoms. The SMILES string of the molecule is CCCNC1COCC1C(=O)c1ccc2c(c1)CCO2. The van der Waals surface area contributed by atoms with Gasteiger partial charge in [-0.1, -0.05) is 6.92 Å². The summed E-state index contributed by atoms with van der Waals surface area (Å²) >= 11 is 0. The molecule has 2 unspecified atom stereocenters. The number of rotatable bonds is 5. The maximum atomic E-state index is 12.7. The highest BCUT2D eigenvalue weighted by molar-refractivity contribution is 5.99. The average molecular weight is 275 g/mol. The number of carbonyl (C=O) groups excluding carboxylic acids is 1. The molecule has 0 saturated carbocycles. The summed E-state index contributed by atoms with van der Waals surface area (Å²) in [7, 11) is 0. The van der Waals surface area contributed by atoms with Crippen LogP contribution in [0.2, 0.25) is 0 Å². The van der Waals surface area contributed by atoms with Crippen LogP contribution in [0.15, 0.2) is 18.2 Å². The van der Waals surface area contributed by atoms with Gasteiger partial charge in [-0.15, -0.1) is 0 Å². The molecule has 2 heterocycles. The lowest BCUT2D eigenvalue weighted by atomic mass is 9.92. The van der Waals surface area contributed by atoms with Crippen molar-refractivity contribution >= 4 is 5.78 Å². The van der Waals surface area contributed by atoms with Crippen LogP contribution in [-0.2, 0) is 11.2 Å². The van der Waals surface area contributed by atoms with Gasteiger partial charge in [0.05, 0.1) is 25.7 Å². The first-order valence-electron chi connectivity index (χ1n) is 7.40.